The molecule has 0 fully saturated rings. The third-order valence-corrected chi connectivity index (χ3v) is 0.697. The predicted octanol–water partition coefficient (Wildman–Crippen LogP) is 1.01. The molecule has 0 nitrogen and oxygen atoms in total. The molecule has 0 aromatic heterocycles. The molecule has 11 heavy (non-hydrogen) atoms. The Labute approximate surface area is 85.0 Å². The molecule has 0 saturated heterocycles. The van der Waals surface area contributed by atoms with Gasteiger partial charge in [-0.1, -0.05) is 26.8 Å². The standard InChI is InChI=1S/C5H10.C4H7.CH4.Li/c1-3-5-4-2;1-3-4-2;;/h3H,1,4-5H2,2H3;3H,1-2,4H2;1H4;/q;-1;;+1. The Kier molecular flexibility index (Phi) is 65.8. The van der Waals surface area contributed by atoms with E-state index in [9.17, 15) is 0 Å². The minimum Gasteiger partial charge on any atom is -0.340 e. The molecule has 0 aromatic carbocycles. The van der Waals surface area contributed by atoms with Crippen molar-refractivity contribution in [2.45, 2.75) is 33.6 Å². The van der Waals surface area contributed by atoms with Crippen molar-refractivity contribution in [1.29, 1.82) is 0 Å². The van der Waals surface area contributed by atoms with Gasteiger partial charge in [0.05, 0.1) is 0 Å². The van der Waals surface area contributed by atoms with Crippen LogP contribution in [0.25, 0.3) is 0 Å². The summed E-state index contributed by atoms with van der Waals surface area (Å²) in [6.45, 7) is 12.6. The van der Waals surface area contributed by atoms with Crippen molar-refractivity contribution in [3.8, 4) is 0 Å². The summed E-state index contributed by atoms with van der Waals surface area (Å²) < 4.78 is 0. The Hall–Kier alpha value is 0.0774. The van der Waals surface area contributed by atoms with Crippen LogP contribution in [0.15, 0.2) is 25.3 Å². The van der Waals surface area contributed by atoms with Crippen molar-refractivity contribution >= 4 is 0 Å². The number of hydrogen-bond acceptors (Lipinski definition) is 0. The van der Waals surface area contributed by atoms with E-state index in [1.54, 1.807) is 6.08 Å². The zero-order chi connectivity index (χ0) is 7.54. The van der Waals surface area contributed by atoms with E-state index in [4.69, 9.17) is 0 Å². The molecule has 0 radical (unpaired) electrons. The Morgan fingerprint density at radius 3 is 1.64 bits per heavy atom. The minimum absolute atomic E-state index is 0. The fourth-order valence-electron chi connectivity index (χ4n) is 0.204. The van der Waals surface area contributed by atoms with Crippen LogP contribution in [0.3, 0.4) is 0 Å². The van der Waals surface area contributed by atoms with Gasteiger partial charge in [0.2, 0.25) is 0 Å². The predicted molar refractivity (Wildman–Crippen MR) is 52.0 cm³/mol. The zero-order valence-electron chi connectivity index (χ0n) is 7.40. The zero-order valence-corrected chi connectivity index (χ0v) is 7.40. The maximum Gasteiger partial charge on any atom is 1.00 e. The third-order valence-electron chi connectivity index (χ3n) is 0.697. The van der Waals surface area contributed by atoms with Crippen LogP contribution in [0.1, 0.15) is 33.6 Å². The molecule has 0 bridgehead atoms. The van der Waals surface area contributed by atoms with Crippen LogP contribution in [0, 0.1) is 6.92 Å². The molecule has 1 heteroatoms. The van der Waals surface area contributed by atoms with Gasteiger partial charge in [-0.25, -0.2) is 0 Å². The molecular formula is C10H21Li. The number of rotatable bonds is 3. The second kappa shape index (κ2) is 32.2. The van der Waals surface area contributed by atoms with E-state index in [2.05, 4.69) is 27.0 Å². The van der Waals surface area contributed by atoms with E-state index >= 15 is 0 Å². The second-order valence-corrected chi connectivity index (χ2v) is 1.65. The fourth-order valence-corrected chi connectivity index (χ4v) is 0.204. The fraction of sp³-hybridized carbons (Fsp3) is 0.500. The van der Waals surface area contributed by atoms with Crippen LogP contribution >= 0.6 is 0 Å². The first-order valence-corrected chi connectivity index (χ1v) is 3.34. The van der Waals surface area contributed by atoms with Gasteiger partial charge in [0.15, 0.2) is 0 Å². The van der Waals surface area contributed by atoms with Gasteiger partial charge in [-0.15, -0.1) is 19.2 Å². The Bertz CT molecular complexity index is 57.9. The van der Waals surface area contributed by atoms with Gasteiger partial charge in [-0.05, 0) is 6.42 Å². The van der Waals surface area contributed by atoms with Gasteiger partial charge in [0.25, 0.3) is 0 Å². The van der Waals surface area contributed by atoms with E-state index in [1.807, 2.05) is 6.08 Å². The quantitative estimate of drug-likeness (QED) is 0.318. The van der Waals surface area contributed by atoms with Crippen LogP contribution in [-0.4, -0.2) is 0 Å². The molecule has 0 aliphatic rings. The molecule has 0 rings (SSSR count). The van der Waals surface area contributed by atoms with Gasteiger partial charge in [0, 0.05) is 0 Å². The molecule has 0 aromatic rings. The number of allylic oxidation sites excluding steroid dienone is 2. The Balaban J connectivity index is -0.0000000383. The van der Waals surface area contributed by atoms with Crippen molar-refractivity contribution in [3.63, 3.8) is 0 Å². The summed E-state index contributed by atoms with van der Waals surface area (Å²) in [5.41, 5.74) is 0. The van der Waals surface area contributed by atoms with E-state index < -0.39 is 0 Å². The molecule has 0 heterocycles. The molecule has 0 atom stereocenters. The average molecular weight is 148 g/mol. The average Bonchev–Trinajstić information content (AvgIpc) is 1.91. The maximum atomic E-state index is 3.55. The van der Waals surface area contributed by atoms with Gasteiger partial charge in [0.1, 0.15) is 0 Å². The van der Waals surface area contributed by atoms with Crippen LogP contribution in [0.5, 0.6) is 0 Å². The largest absolute Gasteiger partial charge is 1.00 e. The molecule has 0 amide bonds. The van der Waals surface area contributed by atoms with Gasteiger partial charge in [-0.2, -0.15) is 6.42 Å². The Morgan fingerprint density at radius 2 is 1.64 bits per heavy atom. The summed E-state index contributed by atoms with van der Waals surface area (Å²) in [6.07, 6.45) is 6.91. The smallest absolute Gasteiger partial charge is 0.340 e. The molecule has 0 saturated carbocycles. The molecule has 0 spiro atoms. The summed E-state index contributed by atoms with van der Waals surface area (Å²) in [5.74, 6) is 0. The van der Waals surface area contributed by atoms with Crippen molar-refractivity contribution in [2.24, 2.45) is 0 Å². The normalized spacial score (nSPS) is 5.64. The topological polar surface area (TPSA) is 0 Å². The molecule has 0 aliphatic carbocycles. The summed E-state index contributed by atoms with van der Waals surface area (Å²) in [5, 5.41) is 0. The minimum atomic E-state index is 0. The summed E-state index contributed by atoms with van der Waals surface area (Å²) in [4.78, 5) is 0. The molecule has 0 N–H and O–H groups in total. The van der Waals surface area contributed by atoms with Crippen LogP contribution in [0.2, 0.25) is 0 Å². The van der Waals surface area contributed by atoms with Crippen LogP contribution in [0.4, 0.5) is 0 Å². The second-order valence-electron chi connectivity index (χ2n) is 1.65. The summed E-state index contributed by atoms with van der Waals surface area (Å²) >= 11 is 0. The van der Waals surface area contributed by atoms with E-state index in [-0.39, 0.29) is 26.3 Å². The van der Waals surface area contributed by atoms with Crippen LogP contribution < -0.4 is 18.9 Å². The monoisotopic (exact) mass is 148 g/mol. The van der Waals surface area contributed by atoms with Crippen molar-refractivity contribution in [1.82, 2.24) is 0 Å². The first-order valence-electron chi connectivity index (χ1n) is 3.34. The van der Waals surface area contributed by atoms with Gasteiger partial charge < -0.3 is 6.92 Å². The third kappa shape index (κ3) is 69.4. The maximum absolute atomic E-state index is 3.55. The molecule has 0 unspecified atom stereocenters. The van der Waals surface area contributed by atoms with Crippen LogP contribution in [-0.2, 0) is 0 Å². The summed E-state index contributed by atoms with van der Waals surface area (Å²) in [6, 6.07) is 0. The molecule has 0 aliphatic heterocycles. The molecular weight excluding hydrogens is 127 g/mol. The van der Waals surface area contributed by atoms with E-state index in [0.29, 0.717) is 0 Å². The molecule has 62 valence electrons. The number of unbranched alkanes of at least 4 members (excludes halogenated alkanes) is 1. The SMILES string of the molecule is C.C=CCCC.C=CC[CH2-].[Li+]. The van der Waals surface area contributed by atoms with Gasteiger partial charge >= 0.3 is 18.9 Å². The first-order chi connectivity index (χ1) is 4.33. The van der Waals surface area contributed by atoms with Crippen molar-refractivity contribution in [2.75, 3.05) is 0 Å². The van der Waals surface area contributed by atoms with Crippen molar-refractivity contribution in [3.05, 3.63) is 32.2 Å². The van der Waals surface area contributed by atoms with Gasteiger partial charge in [-0.3, -0.25) is 0 Å². The van der Waals surface area contributed by atoms with Crippen molar-refractivity contribution < 1.29 is 18.9 Å². The Morgan fingerprint density at radius 1 is 1.27 bits per heavy atom. The van der Waals surface area contributed by atoms with E-state index in [0.717, 1.165) is 12.8 Å². The van der Waals surface area contributed by atoms with E-state index in [1.165, 1.54) is 6.42 Å². The number of hydrogen-bond donors (Lipinski definition) is 0. The first kappa shape index (κ1) is 22.5. The summed E-state index contributed by atoms with van der Waals surface area (Å²) in [7, 11) is 0.